The molecule has 0 unspecified atom stereocenters. The number of carbonyl (C=O) groups excluding carboxylic acids is 1. The molecule has 1 amide bonds. The molecule has 0 spiro atoms. The number of furan rings is 1. The Morgan fingerprint density at radius 1 is 1.16 bits per heavy atom. The lowest BCUT2D eigenvalue weighted by atomic mass is 10.1. The van der Waals surface area contributed by atoms with Crippen molar-refractivity contribution in [3.8, 4) is 0 Å². The van der Waals surface area contributed by atoms with Crippen molar-refractivity contribution >= 4 is 22.9 Å². The van der Waals surface area contributed by atoms with E-state index in [0.717, 1.165) is 9.75 Å². The number of nitrogens with zero attached hydrogens (tertiary/aromatic N) is 2. The van der Waals surface area contributed by atoms with Gasteiger partial charge in [0, 0.05) is 15.8 Å². The third-order valence-electron chi connectivity index (χ3n) is 3.69. The number of amides is 1. The molecule has 0 aliphatic rings. The van der Waals surface area contributed by atoms with Crippen molar-refractivity contribution in [2.24, 2.45) is 0 Å². The van der Waals surface area contributed by atoms with Gasteiger partial charge >= 0.3 is 0 Å². The third kappa shape index (κ3) is 3.95. The predicted molar refractivity (Wildman–Crippen MR) is 94.4 cm³/mol. The zero-order valence-corrected chi connectivity index (χ0v) is 14.4. The van der Waals surface area contributed by atoms with E-state index in [1.54, 1.807) is 40.5 Å². The van der Waals surface area contributed by atoms with Crippen LogP contribution < -0.4 is 0 Å². The van der Waals surface area contributed by atoms with E-state index in [1.165, 1.54) is 18.4 Å². The molecule has 3 aromatic rings. The molecular formula is C18H16N2O4S. The molecule has 0 aliphatic heterocycles. The number of hydrogen-bond donors (Lipinski definition) is 0. The molecule has 0 aliphatic carbocycles. The fourth-order valence-electron chi connectivity index (χ4n) is 2.53. The number of nitro benzene ring substituents is 1. The van der Waals surface area contributed by atoms with Gasteiger partial charge in [0.25, 0.3) is 11.6 Å². The molecule has 0 N–H and O–H groups in total. The van der Waals surface area contributed by atoms with Crippen LogP contribution in [0.4, 0.5) is 5.69 Å². The second-order valence-electron chi connectivity index (χ2n) is 5.53. The van der Waals surface area contributed by atoms with Gasteiger partial charge in [0.2, 0.25) is 0 Å². The number of nitro groups is 1. The normalized spacial score (nSPS) is 10.6. The van der Waals surface area contributed by atoms with Gasteiger partial charge < -0.3 is 9.32 Å². The van der Waals surface area contributed by atoms with E-state index in [9.17, 15) is 14.9 Å². The first-order chi connectivity index (χ1) is 12.0. The van der Waals surface area contributed by atoms with Crippen LogP contribution in [0.25, 0.3) is 0 Å². The van der Waals surface area contributed by atoms with Crippen molar-refractivity contribution < 1.29 is 14.1 Å². The van der Waals surface area contributed by atoms with Gasteiger partial charge in [-0.2, -0.15) is 0 Å². The summed E-state index contributed by atoms with van der Waals surface area (Å²) in [5.41, 5.74) is -0.119. The van der Waals surface area contributed by atoms with Crippen molar-refractivity contribution in [1.82, 2.24) is 4.90 Å². The standard InChI is InChI=1S/C18H16N2O4S/c1-13-8-9-15(25-13)12-19(11-14-5-4-10-24-14)18(21)16-6-2-3-7-17(16)20(22)23/h2-10H,11-12H2,1H3. The molecule has 0 radical (unpaired) electrons. The highest BCUT2D eigenvalue weighted by Gasteiger charge is 2.25. The predicted octanol–water partition coefficient (Wildman–Crippen LogP) is 4.40. The molecule has 2 aromatic heterocycles. The van der Waals surface area contributed by atoms with E-state index in [1.807, 2.05) is 19.1 Å². The summed E-state index contributed by atoms with van der Waals surface area (Å²) < 4.78 is 5.35. The lowest BCUT2D eigenvalue weighted by Gasteiger charge is -2.21. The van der Waals surface area contributed by atoms with Crippen LogP contribution in [-0.4, -0.2) is 15.7 Å². The molecular weight excluding hydrogens is 340 g/mol. The van der Waals surface area contributed by atoms with Crippen molar-refractivity contribution in [2.45, 2.75) is 20.0 Å². The summed E-state index contributed by atoms with van der Waals surface area (Å²) in [4.78, 5) is 27.4. The largest absolute Gasteiger partial charge is 0.467 e. The van der Waals surface area contributed by atoms with Crippen LogP contribution in [-0.2, 0) is 13.1 Å². The molecule has 7 heteroatoms. The van der Waals surface area contributed by atoms with E-state index < -0.39 is 10.8 Å². The number of para-hydroxylation sites is 1. The summed E-state index contributed by atoms with van der Waals surface area (Å²) in [6.45, 7) is 2.60. The van der Waals surface area contributed by atoms with Crippen molar-refractivity contribution in [3.05, 3.63) is 86.0 Å². The molecule has 0 saturated heterocycles. The van der Waals surface area contributed by atoms with Crippen LogP contribution in [0.15, 0.2) is 59.2 Å². The lowest BCUT2D eigenvalue weighted by molar-refractivity contribution is -0.385. The van der Waals surface area contributed by atoms with Gasteiger partial charge in [-0.1, -0.05) is 12.1 Å². The number of aryl methyl sites for hydroxylation is 1. The van der Waals surface area contributed by atoms with Gasteiger partial charge in [-0.15, -0.1) is 11.3 Å². The maximum absolute atomic E-state index is 13.0. The monoisotopic (exact) mass is 356 g/mol. The molecule has 2 heterocycles. The summed E-state index contributed by atoms with van der Waals surface area (Å²) in [5, 5.41) is 11.2. The first-order valence-electron chi connectivity index (χ1n) is 7.65. The maximum Gasteiger partial charge on any atom is 0.282 e. The van der Waals surface area contributed by atoms with Gasteiger partial charge in [-0.25, -0.2) is 0 Å². The van der Waals surface area contributed by atoms with Crippen LogP contribution in [0.5, 0.6) is 0 Å². The van der Waals surface area contributed by atoms with Crippen molar-refractivity contribution in [3.63, 3.8) is 0 Å². The zero-order valence-electron chi connectivity index (χ0n) is 13.5. The van der Waals surface area contributed by atoms with Crippen molar-refractivity contribution in [2.75, 3.05) is 0 Å². The fraction of sp³-hybridized carbons (Fsp3) is 0.167. The third-order valence-corrected chi connectivity index (χ3v) is 4.67. The first-order valence-corrected chi connectivity index (χ1v) is 8.46. The smallest absolute Gasteiger partial charge is 0.282 e. The summed E-state index contributed by atoms with van der Waals surface area (Å²) >= 11 is 1.59. The molecule has 6 nitrogen and oxygen atoms in total. The van der Waals surface area contributed by atoms with Gasteiger partial charge in [0.15, 0.2) is 0 Å². The molecule has 25 heavy (non-hydrogen) atoms. The summed E-state index contributed by atoms with van der Waals surface area (Å²) in [5.74, 6) is 0.231. The van der Waals surface area contributed by atoms with Gasteiger partial charge in [0.1, 0.15) is 11.3 Å². The average Bonchev–Trinajstić information content (AvgIpc) is 3.25. The second-order valence-corrected chi connectivity index (χ2v) is 6.90. The van der Waals surface area contributed by atoms with Crippen LogP contribution in [0.1, 0.15) is 25.9 Å². The Bertz CT molecular complexity index is 886. The summed E-state index contributed by atoms with van der Waals surface area (Å²) in [6, 6.07) is 13.5. The number of carbonyl (C=O) groups is 1. The number of rotatable bonds is 6. The highest BCUT2D eigenvalue weighted by Crippen LogP contribution is 2.24. The SMILES string of the molecule is Cc1ccc(CN(Cc2ccco2)C(=O)c2ccccc2[N+](=O)[O-])s1. The van der Waals surface area contributed by atoms with Crippen molar-refractivity contribution in [1.29, 1.82) is 0 Å². The van der Waals surface area contributed by atoms with Crippen LogP contribution in [0.3, 0.4) is 0 Å². The van der Waals surface area contributed by atoms with E-state index in [2.05, 4.69) is 0 Å². The molecule has 0 bridgehead atoms. The van der Waals surface area contributed by atoms with Crippen LogP contribution in [0.2, 0.25) is 0 Å². The summed E-state index contributed by atoms with van der Waals surface area (Å²) in [6.07, 6.45) is 1.54. The quantitative estimate of drug-likeness (QED) is 0.484. The van der Waals surface area contributed by atoms with Crippen LogP contribution >= 0.6 is 11.3 Å². The lowest BCUT2D eigenvalue weighted by Crippen LogP contribution is -2.30. The topological polar surface area (TPSA) is 76.6 Å². The average molecular weight is 356 g/mol. The highest BCUT2D eigenvalue weighted by molar-refractivity contribution is 7.11. The molecule has 0 fully saturated rings. The number of benzene rings is 1. The Labute approximate surface area is 148 Å². The zero-order chi connectivity index (χ0) is 17.8. The van der Waals surface area contributed by atoms with Gasteiger partial charge in [0.05, 0.1) is 24.3 Å². The van der Waals surface area contributed by atoms with Gasteiger partial charge in [-0.05, 0) is 37.3 Å². The van der Waals surface area contributed by atoms with E-state index in [4.69, 9.17) is 4.42 Å². The molecule has 128 valence electrons. The highest BCUT2D eigenvalue weighted by atomic mass is 32.1. The minimum Gasteiger partial charge on any atom is -0.467 e. The Hall–Kier alpha value is -2.93. The van der Waals surface area contributed by atoms with E-state index in [0.29, 0.717) is 12.3 Å². The minimum atomic E-state index is -0.534. The Morgan fingerprint density at radius 3 is 2.60 bits per heavy atom. The molecule has 0 atom stereocenters. The Morgan fingerprint density at radius 2 is 1.96 bits per heavy atom. The summed E-state index contributed by atoms with van der Waals surface area (Å²) in [7, 11) is 0. The van der Waals surface area contributed by atoms with Gasteiger partial charge in [-0.3, -0.25) is 14.9 Å². The maximum atomic E-state index is 13.0. The number of hydrogen-bond acceptors (Lipinski definition) is 5. The second kappa shape index (κ2) is 7.31. The minimum absolute atomic E-state index is 0.0762. The first kappa shape index (κ1) is 16.9. The molecule has 3 rings (SSSR count). The van der Waals surface area contributed by atoms with E-state index >= 15 is 0 Å². The molecule has 0 saturated carbocycles. The Kier molecular flexibility index (Phi) is 4.95. The Balaban J connectivity index is 1.92. The molecule has 1 aromatic carbocycles. The van der Waals surface area contributed by atoms with Crippen LogP contribution in [0, 0.1) is 17.0 Å². The van der Waals surface area contributed by atoms with E-state index in [-0.39, 0.29) is 17.8 Å². The fourth-order valence-corrected chi connectivity index (χ4v) is 3.44. The number of thiophene rings is 1.